The van der Waals surface area contributed by atoms with Gasteiger partial charge in [0.25, 0.3) is 5.91 Å². The lowest BCUT2D eigenvalue weighted by molar-refractivity contribution is -0.131. The second-order valence-corrected chi connectivity index (χ2v) is 5.40. The van der Waals surface area contributed by atoms with E-state index in [4.69, 9.17) is 5.11 Å². The van der Waals surface area contributed by atoms with Crippen molar-refractivity contribution >= 4 is 35.2 Å². The van der Waals surface area contributed by atoms with Crippen molar-refractivity contribution in [1.82, 2.24) is 9.80 Å². The first-order valence-corrected chi connectivity index (χ1v) is 7.22. The number of thiophene rings is 1. The third kappa shape index (κ3) is 4.71. The van der Waals surface area contributed by atoms with Crippen LogP contribution in [0.3, 0.4) is 0 Å². The maximum absolute atomic E-state index is 12.4. The van der Waals surface area contributed by atoms with Gasteiger partial charge in [-0.3, -0.25) is 9.59 Å². The molecule has 1 aromatic heterocycles. The van der Waals surface area contributed by atoms with E-state index in [0.717, 1.165) is 6.08 Å². The highest BCUT2D eigenvalue weighted by Crippen LogP contribution is 2.20. The van der Waals surface area contributed by atoms with Gasteiger partial charge in [-0.25, -0.2) is 4.79 Å². The number of hydrogen-bond acceptors (Lipinski definition) is 4. The molecular weight excluding hydrogens is 292 g/mol. The molecular formula is C14H18N2O4S. The fourth-order valence-corrected chi connectivity index (χ4v) is 2.41. The Bertz CT molecular complexity index is 563. The summed E-state index contributed by atoms with van der Waals surface area (Å²) in [5.41, 5.74) is 0.545. The first-order chi connectivity index (χ1) is 9.86. The molecule has 1 heterocycles. The molecule has 0 saturated heterocycles. The SMILES string of the molecule is CCN(CC(=O)N(C)C)C(=O)c1sccc1C=CC(=O)O. The van der Waals surface area contributed by atoms with Crippen LogP contribution in [0.5, 0.6) is 0 Å². The molecule has 1 aromatic rings. The van der Waals surface area contributed by atoms with Crippen molar-refractivity contribution in [3.8, 4) is 0 Å². The monoisotopic (exact) mass is 310 g/mol. The standard InChI is InChI=1S/C14H18N2O4S/c1-4-16(9-11(17)15(2)3)14(20)13-10(7-8-21-13)5-6-12(18)19/h5-8H,4,9H2,1-3H3,(H,18,19). The van der Waals surface area contributed by atoms with E-state index >= 15 is 0 Å². The molecule has 0 aromatic carbocycles. The van der Waals surface area contributed by atoms with E-state index in [1.165, 1.54) is 27.2 Å². The van der Waals surface area contributed by atoms with Gasteiger partial charge in [-0.1, -0.05) is 0 Å². The zero-order valence-corrected chi connectivity index (χ0v) is 13.0. The lowest BCUT2D eigenvalue weighted by Crippen LogP contribution is -2.40. The van der Waals surface area contributed by atoms with Gasteiger partial charge >= 0.3 is 5.97 Å². The van der Waals surface area contributed by atoms with E-state index in [1.807, 2.05) is 0 Å². The Balaban J connectivity index is 2.93. The molecule has 21 heavy (non-hydrogen) atoms. The van der Waals surface area contributed by atoms with Gasteiger partial charge in [0.1, 0.15) is 6.54 Å². The third-order valence-corrected chi connectivity index (χ3v) is 3.71. The number of carboxylic acid groups (broad SMARTS) is 1. The van der Waals surface area contributed by atoms with Gasteiger partial charge in [0.05, 0.1) is 4.88 Å². The predicted molar refractivity (Wildman–Crippen MR) is 81.3 cm³/mol. The van der Waals surface area contributed by atoms with Crippen LogP contribution in [-0.2, 0) is 9.59 Å². The molecule has 0 aliphatic heterocycles. The van der Waals surface area contributed by atoms with Crippen LogP contribution < -0.4 is 0 Å². The molecule has 0 atom stereocenters. The van der Waals surface area contributed by atoms with E-state index in [2.05, 4.69) is 0 Å². The van der Waals surface area contributed by atoms with Crippen LogP contribution >= 0.6 is 11.3 Å². The van der Waals surface area contributed by atoms with Crippen molar-refractivity contribution in [2.75, 3.05) is 27.2 Å². The first-order valence-electron chi connectivity index (χ1n) is 6.34. The van der Waals surface area contributed by atoms with Crippen LogP contribution in [0.1, 0.15) is 22.2 Å². The molecule has 0 radical (unpaired) electrons. The zero-order valence-electron chi connectivity index (χ0n) is 12.2. The highest BCUT2D eigenvalue weighted by atomic mass is 32.1. The summed E-state index contributed by atoms with van der Waals surface area (Å²) in [6.45, 7) is 2.20. The predicted octanol–water partition coefficient (Wildman–Crippen LogP) is 1.40. The lowest BCUT2D eigenvalue weighted by Gasteiger charge is -2.22. The highest BCUT2D eigenvalue weighted by Gasteiger charge is 2.21. The number of carbonyl (C=O) groups excluding carboxylic acids is 2. The fraction of sp³-hybridized carbons (Fsp3) is 0.357. The summed E-state index contributed by atoms with van der Waals surface area (Å²) in [5, 5.41) is 10.4. The summed E-state index contributed by atoms with van der Waals surface area (Å²) >= 11 is 1.23. The van der Waals surface area contributed by atoms with Gasteiger partial charge in [0.2, 0.25) is 5.91 Å². The minimum atomic E-state index is -1.07. The number of hydrogen-bond donors (Lipinski definition) is 1. The Labute approximate surface area is 127 Å². The number of nitrogens with zero attached hydrogens (tertiary/aromatic N) is 2. The number of rotatable bonds is 6. The maximum Gasteiger partial charge on any atom is 0.328 e. The quantitative estimate of drug-likeness (QED) is 0.806. The topological polar surface area (TPSA) is 77.9 Å². The normalized spacial score (nSPS) is 10.6. The van der Waals surface area contributed by atoms with Crippen LogP contribution in [0, 0.1) is 0 Å². The van der Waals surface area contributed by atoms with Gasteiger partial charge in [-0.15, -0.1) is 11.3 Å². The Hall–Kier alpha value is -2.15. The smallest absolute Gasteiger partial charge is 0.328 e. The summed E-state index contributed by atoms with van der Waals surface area (Å²) in [5.74, 6) is -1.51. The molecule has 0 bridgehead atoms. The van der Waals surface area contributed by atoms with E-state index in [9.17, 15) is 14.4 Å². The van der Waals surface area contributed by atoms with E-state index in [-0.39, 0.29) is 18.4 Å². The largest absolute Gasteiger partial charge is 0.478 e. The van der Waals surface area contributed by atoms with Crippen molar-refractivity contribution < 1.29 is 19.5 Å². The molecule has 0 unspecified atom stereocenters. The second kappa shape index (κ2) is 7.58. The van der Waals surface area contributed by atoms with Gasteiger partial charge < -0.3 is 14.9 Å². The average molecular weight is 310 g/mol. The molecule has 1 rings (SSSR count). The summed E-state index contributed by atoms with van der Waals surface area (Å²) in [6.07, 6.45) is 2.37. The van der Waals surface area contributed by atoms with Crippen LogP contribution in [-0.4, -0.2) is 59.9 Å². The molecule has 0 aliphatic carbocycles. The highest BCUT2D eigenvalue weighted by molar-refractivity contribution is 7.12. The van der Waals surface area contributed by atoms with Gasteiger partial charge in [0.15, 0.2) is 0 Å². The Morgan fingerprint density at radius 1 is 1.33 bits per heavy atom. The van der Waals surface area contributed by atoms with Crippen molar-refractivity contribution in [2.24, 2.45) is 0 Å². The Morgan fingerprint density at radius 2 is 2.00 bits per heavy atom. The van der Waals surface area contributed by atoms with Crippen LogP contribution in [0.4, 0.5) is 0 Å². The van der Waals surface area contributed by atoms with Crippen LogP contribution in [0.15, 0.2) is 17.5 Å². The molecule has 7 heteroatoms. The minimum absolute atomic E-state index is 0.00230. The van der Waals surface area contributed by atoms with E-state index in [0.29, 0.717) is 17.0 Å². The minimum Gasteiger partial charge on any atom is -0.478 e. The molecule has 0 fully saturated rings. The fourth-order valence-electron chi connectivity index (χ4n) is 1.56. The molecule has 0 aliphatic rings. The van der Waals surface area contributed by atoms with E-state index in [1.54, 1.807) is 32.5 Å². The number of likely N-dealkylation sites (N-methyl/N-ethyl adjacent to an activating group) is 2. The average Bonchev–Trinajstić information content (AvgIpc) is 2.89. The van der Waals surface area contributed by atoms with Crippen LogP contribution in [0.25, 0.3) is 6.08 Å². The number of carbonyl (C=O) groups is 3. The molecule has 0 saturated carbocycles. The number of carboxylic acids is 1. The van der Waals surface area contributed by atoms with Crippen LogP contribution in [0.2, 0.25) is 0 Å². The maximum atomic E-state index is 12.4. The van der Waals surface area contributed by atoms with Crippen molar-refractivity contribution in [3.05, 3.63) is 28.0 Å². The number of aliphatic carboxylic acids is 1. The molecule has 0 spiro atoms. The van der Waals surface area contributed by atoms with Crippen molar-refractivity contribution in [2.45, 2.75) is 6.92 Å². The van der Waals surface area contributed by atoms with Gasteiger partial charge in [-0.2, -0.15) is 0 Å². The second-order valence-electron chi connectivity index (χ2n) is 4.48. The molecule has 6 nitrogen and oxygen atoms in total. The summed E-state index contributed by atoms with van der Waals surface area (Å²) in [4.78, 5) is 38.0. The van der Waals surface area contributed by atoms with Gasteiger partial charge in [-0.05, 0) is 30.0 Å². The molecule has 1 N–H and O–H groups in total. The Morgan fingerprint density at radius 3 is 2.52 bits per heavy atom. The zero-order chi connectivity index (χ0) is 16.0. The third-order valence-electron chi connectivity index (χ3n) is 2.79. The molecule has 114 valence electrons. The Kier molecular flexibility index (Phi) is 6.10. The van der Waals surface area contributed by atoms with Crippen molar-refractivity contribution in [1.29, 1.82) is 0 Å². The van der Waals surface area contributed by atoms with E-state index < -0.39 is 5.97 Å². The summed E-state index contributed by atoms with van der Waals surface area (Å²) in [6, 6.07) is 1.68. The first kappa shape index (κ1) is 16.9. The lowest BCUT2D eigenvalue weighted by atomic mass is 10.2. The summed E-state index contributed by atoms with van der Waals surface area (Å²) < 4.78 is 0. The molecule has 2 amide bonds. The van der Waals surface area contributed by atoms with Gasteiger partial charge in [0, 0.05) is 26.7 Å². The van der Waals surface area contributed by atoms with Crippen molar-refractivity contribution in [3.63, 3.8) is 0 Å². The summed E-state index contributed by atoms with van der Waals surface area (Å²) in [7, 11) is 3.26. The number of amides is 2.